The summed E-state index contributed by atoms with van der Waals surface area (Å²) in [7, 11) is 0. The maximum atomic E-state index is 13.8. The molecule has 0 fully saturated rings. The molecule has 0 saturated heterocycles. The van der Waals surface area contributed by atoms with Crippen LogP contribution in [0, 0.1) is 11.6 Å². The van der Waals surface area contributed by atoms with Gasteiger partial charge in [0, 0.05) is 29.3 Å². The Balaban J connectivity index is 2.28. The van der Waals surface area contributed by atoms with Crippen molar-refractivity contribution >= 4 is 17.6 Å². The van der Waals surface area contributed by atoms with Crippen LogP contribution in [0.25, 0.3) is 0 Å². The molecule has 0 aliphatic rings. The fourth-order valence-electron chi connectivity index (χ4n) is 1.69. The van der Waals surface area contributed by atoms with Gasteiger partial charge in [0.2, 0.25) is 0 Å². The molecule has 2 aromatic rings. The molecular weight excluding hydrogens is 268 g/mol. The molecule has 1 unspecified atom stereocenters. The summed E-state index contributed by atoms with van der Waals surface area (Å²) in [5.74, 6) is -0.824. The van der Waals surface area contributed by atoms with Crippen LogP contribution in [0.2, 0.25) is 0 Å². The van der Waals surface area contributed by atoms with Gasteiger partial charge in [-0.2, -0.15) is 0 Å². The lowest BCUT2D eigenvalue weighted by Gasteiger charge is -2.15. The lowest BCUT2D eigenvalue weighted by molar-refractivity contribution is 0.569. The van der Waals surface area contributed by atoms with Gasteiger partial charge in [0.1, 0.15) is 16.7 Å². The van der Waals surface area contributed by atoms with Crippen molar-refractivity contribution in [2.75, 3.05) is 5.73 Å². The third kappa shape index (κ3) is 3.20. The number of halogens is 2. The van der Waals surface area contributed by atoms with E-state index in [1.165, 1.54) is 36.3 Å². The fourth-order valence-corrected chi connectivity index (χ4v) is 2.74. The van der Waals surface area contributed by atoms with Crippen LogP contribution in [0.5, 0.6) is 0 Å². The first-order valence-corrected chi connectivity index (χ1v) is 6.68. The molecular formula is C13H13F2N3S. The molecule has 3 nitrogen and oxygen atoms in total. The third-order valence-electron chi connectivity index (χ3n) is 2.63. The molecule has 0 amide bonds. The van der Waals surface area contributed by atoms with Crippen molar-refractivity contribution in [2.24, 2.45) is 0 Å². The molecule has 1 atom stereocenters. The van der Waals surface area contributed by atoms with Crippen molar-refractivity contribution in [1.29, 1.82) is 0 Å². The fraction of sp³-hybridized carbons (Fsp3) is 0.231. The summed E-state index contributed by atoms with van der Waals surface area (Å²) >= 11 is 1.33. The largest absolute Gasteiger partial charge is 0.381 e. The van der Waals surface area contributed by atoms with Crippen molar-refractivity contribution in [1.82, 2.24) is 9.97 Å². The molecule has 6 heteroatoms. The van der Waals surface area contributed by atoms with E-state index in [2.05, 4.69) is 9.97 Å². The van der Waals surface area contributed by atoms with E-state index < -0.39 is 11.6 Å². The molecule has 2 rings (SSSR count). The van der Waals surface area contributed by atoms with Gasteiger partial charge >= 0.3 is 0 Å². The lowest BCUT2D eigenvalue weighted by atomic mass is 10.1. The average molecular weight is 281 g/mol. The second-order valence-corrected chi connectivity index (χ2v) is 5.12. The van der Waals surface area contributed by atoms with Crippen molar-refractivity contribution < 1.29 is 8.78 Å². The highest BCUT2D eigenvalue weighted by molar-refractivity contribution is 7.99. The molecule has 0 aliphatic carbocycles. The smallest absolute Gasteiger partial charge is 0.156 e. The number of anilines is 1. The normalized spacial score (nSPS) is 12.4. The first kappa shape index (κ1) is 13.7. The lowest BCUT2D eigenvalue weighted by Crippen LogP contribution is -2.01. The quantitative estimate of drug-likeness (QED) is 0.870. The Hall–Kier alpha value is -1.69. The minimum atomic E-state index is -0.583. The molecule has 0 aliphatic heterocycles. The minimum absolute atomic E-state index is 0.181. The van der Waals surface area contributed by atoms with E-state index in [0.717, 1.165) is 6.07 Å². The summed E-state index contributed by atoms with van der Waals surface area (Å²) in [4.78, 5) is 8.06. The van der Waals surface area contributed by atoms with E-state index in [4.69, 9.17) is 5.73 Å². The number of rotatable bonds is 4. The maximum Gasteiger partial charge on any atom is 0.156 e. The van der Waals surface area contributed by atoms with E-state index in [1.807, 2.05) is 6.92 Å². The summed E-state index contributed by atoms with van der Waals surface area (Å²) in [5, 5.41) is 0.373. The standard InChI is InChI=1S/C13H13F2N3S/c1-2-11(9-4-3-8(14)7-10(9)15)19-13-12(16)17-5-6-18-13/h3-7,11H,2H2,1H3,(H2,16,17). The molecule has 1 aromatic carbocycles. The van der Waals surface area contributed by atoms with E-state index in [9.17, 15) is 8.78 Å². The van der Waals surface area contributed by atoms with Crippen LogP contribution in [-0.2, 0) is 0 Å². The van der Waals surface area contributed by atoms with Crippen molar-refractivity contribution in [2.45, 2.75) is 23.6 Å². The highest BCUT2D eigenvalue weighted by Gasteiger charge is 2.18. The number of nitrogens with two attached hydrogens (primary N) is 1. The first-order valence-electron chi connectivity index (χ1n) is 5.80. The van der Waals surface area contributed by atoms with Gasteiger partial charge in [0.15, 0.2) is 5.82 Å². The minimum Gasteiger partial charge on any atom is -0.381 e. The van der Waals surface area contributed by atoms with E-state index >= 15 is 0 Å². The number of hydrogen-bond acceptors (Lipinski definition) is 4. The van der Waals surface area contributed by atoms with E-state index in [1.54, 1.807) is 0 Å². The van der Waals surface area contributed by atoms with Gasteiger partial charge < -0.3 is 5.73 Å². The third-order valence-corrected chi connectivity index (χ3v) is 4.03. The van der Waals surface area contributed by atoms with Gasteiger partial charge in [-0.15, -0.1) is 0 Å². The highest BCUT2D eigenvalue weighted by atomic mass is 32.2. The Kier molecular flexibility index (Phi) is 4.31. The average Bonchev–Trinajstić information content (AvgIpc) is 2.39. The SMILES string of the molecule is CCC(Sc1nccnc1N)c1ccc(F)cc1F. The number of aromatic nitrogens is 2. The van der Waals surface area contributed by atoms with Crippen LogP contribution in [0.3, 0.4) is 0 Å². The highest BCUT2D eigenvalue weighted by Crippen LogP contribution is 2.39. The Labute approximate surface area is 114 Å². The van der Waals surface area contributed by atoms with Gasteiger partial charge in [-0.3, -0.25) is 0 Å². The van der Waals surface area contributed by atoms with Gasteiger partial charge in [-0.25, -0.2) is 18.7 Å². The van der Waals surface area contributed by atoms with E-state index in [0.29, 0.717) is 22.8 Å². The van der Waals surface area contributed by atoms with Crippen LogP contribution < -0.4 is 5.73 Å². The summed E-state index contributed by atoms with van der Waals surface area (Å²) < 4.78 is 26.7. The summed E-state index contributed by atoms with van der Waals surface area (Å²) in [6.45, 7) is 1.92. The van der Waals surface area contributed by atoms with Crippen molar-refractivity contribution in [3.8, 4) is 0 Å². The second kappa shape index (κ2) is 5.97. The summed E-state index contributed by atoms with van der Waals surface area (Å²) in [5.41, 5.74) is 6.16. The van der Waals surface area contributed by atoms with Crippen LogP contribution in [0.1, 0.15) is 24.2 Å². The Morgan fingerprint density at radius 2 is 2.00 bits per heavy atom. The predicted molar refractivity (Wildman–Crippen MR) is 71.7 cm³/mol. The monoisotopic (exact) mass is 281 g/mol. The van der Waals surface area contributed by atoms with Crippen LogP contribution in [0.15, 0.2) is 35.6 Å². The molecule has 100 valence electrons. The van der Waals surface area contributed by atoms with Crippen molar-refractivity contribution in [3.05, 3.63) is 47.8 Å². The number of nitrogens with zero attached hydrogens (tertiary/aromatic N) is 2. The molecule has 1 aromatic heterocycles. The zero-order valence-electron chi connectivity index (χ0n) is 10.3. The molecule has 0 spiro atoms. The van der Waals surface area contributed by atoms with Crippen LogP contribution in [-0.4, -0.2) is 9.97 Å². The van der Waals surface area contributed by atoms with Crippen LogP contribution in [0.4, 0.5) is 14.6 Å². The van der Waals surface area contributed by atoms with E-state index in [-0.39, 0.29) is 5.25 Å². The molecule has 2 N–H and O–H groups in total. The number of nitrogen functional groups attached to an aromatic ring is 1. The molecule has 0 saturated carbocycles. The summed E-state index contributed by atoms with van der Waals surface area (Å²) in [6.07, 6.45) is 3.70. The number of thioether (sulfide) groups is 1. The van der Waals surface area contributed by atoms with Crippen molar-refractivity contribution in [3.63, 3.8) is 0 Å². The van der Waals surface area contributed by atoms with Gasteiger partial charge in [-0.05, 0) is 12.5 Å². The number of hydrogen-bond donors (Lipinski definition) is 1. The Morgan fingerprint density at radius 3 is 2.63 bits per heavy atom. The maximum absolute atomic E-state index is 13.8. The Morgan fingerprint density at radius 1 is 1.26 bits per heavy atom. The molecule has 0 radical (unpaired) electrons. The Bertz CT molecular complexity index is 578. The molecule has 1 heterocycles. The van der Waals surface area contributed by atoms with Gasteiger partial charge in [-0.1, -0.05) is 24.8 Å². The molecule has 19 heavy (non-hydrogen) atoms. The zero-order valence-corrected chi connectivity index (χ0v) is 11.1. The first-order chi connectivity index (χ1) is 9.11. The number of benzene rings is 1. The second-order valence-electron chi connectivity index (χ2n) is 3.93. The van der Waals surface area contributed by atoms with Gasteiger partial charge in [0.25, 0.3) is 0 Å². The zero-order chi connectivity index (χ0) is 13.8. The van der Waals surface area contributed by atoms with Crippen LogP contribution >= 0.6 is 11.8 Å². The topological polar surface area (TPSA) is 51.8 Å². The predicted octanol–water partition coefficient (Wildman–Crippen LogP) is 3.58. The van der Waals surface area contributed by atoms with Gasteiger partial charge in [0.05, 0.1) is 0 Å². The molecule has 0 bridgehead atoms. The summed E-state index contributed by atoms with van der Waals surface area (Å²) in [6, 6.07) is 3.60.